The molecule has 2 aliphatic heterocycles. The van der Waals surface area contributed by atoms with Gasteiger partial charge in [0.2, 0.25) is 15.9 Å². The highest BCUT2D eigenvalue weighted by atomic mass is 35.5. The number of piperazine rings is 2. The molecule has 0 aromatic heterocycles. The summed E-state index contributed by atoms with van der Waals surface area (Å²) in [6, 6.07) is 24.2. The molecule has 0 spiro atoms. The lowest BCUT2D eigenvalue weighted by Crippen LogP contribution is -2.50. The van der Waals surface area contributed by atoms with Crippen molar-refractivity contribution in [2.24, 2.45) is 0 Å². The summed E-state index contributed by atoms with van der Waals surface area (Å²) < 4.78 is 77.2. The topological polar surface area (TPSA) is 81.2 Å². The highest BCUT2D eigenvalue weighted by Gasteiger charge is 2.30. The Morgan fingerprint density at radius 2 is 1.36 bits per heavy atom. The molecule has 0 unspecified atom stereocenters. The lowest BCUT2D eigenvalue weighted by Gasteiger charge is -2.33. The van der Waals surface area contributed by atoms with E-state index in [1.54, 1.807) is 76.5 Å². The lowest BCUT2D eigenvalue weighted by atomic mass is 10.1. The molecular formula is C40H36Cl2F4N4O4S. The molecule has 2 aliphatic rings. The highest BCUT2D eigenvalue weighted by molar-refractivity contribution is 7.89. The molecule has 15 heteroatoms. The van der Waals surface area contributed by atoms with Gasteiger partial charge in [0.05, 0.1) is 20.5 Å². The summed E-state index contributed by atoms with van der Waals surface area (Å²) in [5.74, 6) is 4.33. The monoisotopic (exact) mass is 814 g/mol. The highest BCUT2D eigenvalue weighted by Crippen LogP contribution is 2.29. The van der Waals surface area contributed by atoms with Crippen molar-refractivity contribution in [3.05, 3.63) is 141 Å². The van der Waals surface area contributed by atoms with Crippen LogP contribution in [0.3, 0.4) is 0 Å². The Kier molecular flexibility index (Phi) is 14.1. The minimum atomic E-state index is -4.39. The molecule has 4 aromatic rings. The van der Waals surface area contributed by atoms with E-state index in [0.717, 1.165) is 23.3 Å². The number of amides is 2. The van der Waals surface area contributed by atoms with Crippen LogP contribution in [0.1, 0.15) is 22.3 Å². The SMILES string of the molecule is O=C(C#Cc1ccc(C(F)(F)F)cc1)N1CCN(Cc2ccc(F)cc2)CC1.O=C(C=Cc1ccc(Cl)c(Cl)c1)N1CCN(S(=O)(=O)c2ccccc2)CC1. The molecule has 2 saturated heterocycles. The number of carbonyl (C=O) groups is 2. The van der Waals surface area contributed by atoms with Gasteiger partial charge in [-0.15, -0.1) is 0 Å². The Hall–Kier alpha value is -4.71. The average Bonchev–Trinajstić information content (AvgIpc) is 3.19. The van der Waals surface area contributed by atoms with E-state index in [0.29, 0.717) is 61.4 Å². The minimum Gasteiger partial charge on any atom is -0.337 e. The lowest BCUT2D eigenvalue weighted by molar-refractivity contribution is -0.137. The summed E-state index contributed by atoms with van der Waals surface area (Å²) in [6.07, 6.45) is -1.27. The number of benzene rings is 4. The first-order chi connectivity index (χ1) is 26.2. The number of carbonyl (C=O) groups excluding carboxylic acids is 2. The fraction of sp³-hybridized carbons (Fsp3) is 0.250. The molecular weight excluding hydrogens is 779 g/mol. The maximum absolute atomic E-state index is 13.0. The van der Waals surface area contributed by atoms with Gasteiger partial charge >= 0.3 is 6.18 Å². The molecule has 0 N–H and O–H groups in total. The third-order valence-electron chi connectivity index (χ3n) is 8.80. The van der Waals surface area contributed by atoms with Crippen LogP contribution in [0.25, 0.3) is 6.08 Å². The Morgan fingerprint density at radius 3 is 1.96 bits per heavy atom. The third kappa shape index (κ3) is 11.9. The number of hydrogen-bond donors (Lipinski definition) is 0. The zero-order chi connectivity index (χ0) is 39.6. The van der Waals surface area contributed by atoms with Crippen molar-refractivity contribution in [3.63, 3.8) is 0 Å². The fourth-order valence-corrected chi connectivity index (χ4v) is 7.43. The molecule has 0 aliphatic carbocycles. The van der Waals surface area contributed by atoms with Crippen LogP contribution in [0.2, 0.25) is 10.0 Å². The predicted molar refractivity (Wildman–Crippen MR) is 204 cm³/mol. The fourth-order valence-electron chi connectivity index (χ4n) is 5.68. The minimum absolute atomic E-state index is 0.169. The zero-order valence-corrected chi connectivity index (χ0v) is 31.7. The molecule has 2 heterocycles. The number of hydrogen-bond acceptors (Lipinski definition) is 5. The van der Waals surface area contributed by atoms with Gasteiger partial charge in [-0.3, -0.25) is 14.5 Å². The number of alkyl halides is 3. The molecule has 2 amide bonds. The molecule has 55 heavy (non-hydrogen) atoms. The van der Waals surface area contributed by atoms with Crippen molar-refractivity contribution in [1.82, 2.24) is 19.0 Å². The summed E-state index contributed by atoms with van der Waals surface area (Å²) in [5.41, 5.74) is 1.38. The van der Waals surface area contributed by atoms with E-state index in [9.17, 15) is 35.6 Å². The van der Waals surface area contributed by atoms with Crippen molar-refractivity contribution in [2.75, 3.05) is 52.4 Å². The Bertz CT molecular complexity index is 2140. The molecule has 288 valence electrons. The molecule has 2 fully saturated rings. The van der Waals surface area contributed by atoms with Gasteiger partial charge in [-0.25, -0.2) is 12.8 Å². The molecule has 4 aromatic carbocycles. The summed E-state index contributed by atoms with van der Waals surface area (Å²) in [7, 11) is -3.53. The van der Waals surface area contributed by atoms with Crippen molar-refractivity contribution in [1.29, 1.82) is 0 Å². The second-order valence-corrected chi connectivity index (χ2v) is 15.3. The molecule has 0 radical (unpaired) electrons. The summed E-state index contributed by atoms with van der Waals surface area (Å²) in [5, 5.41) is 0.877. The first-order valence-electron chi connectivity index (χ1n) is 17.1. The van der Waals surface area contributed by atoms with Gasteiger partial charge in [-0.2, -0.15) is 17.5 Å². The van der Waals surface area contributed by atoms with E-state index in [4.69, 9.17) is 23.2 Å². The van der Waals surface area contributed by atoms with E-state index in [1.165, 1.54) is 34.6 Å². The predicted octanol–water partition coefficient (Wildman–Crippen LogP) is 7.08. The van der Waals surface area contributed by atoms with Crippen LogP contribution in [0.15, 0.2) is 108 Å². The number of rotatable bonds is 6. The maximum atomic E-state index is 13.0. The van der Waals surface area contributed by atoms with Crippen LogP contribution in [-0.4, -0.2) is 91.6 Å². The number of halogens is 6. The molecule has 6 rings (SSSR count). The van der Waals surface area contributed by atoms with Gasteiger partial charge in [0.15, 0.2) is 0 Å². The van der Waals surface area contributed by atoms with E-state index >= 15 is 0 Å². The largest absolute Gasteiger partial charge is 0.416 e. The summed E-state index contributed by atoms with van der Waals surface area (Å²) in [4.78, 5) is 30.3. The smallest absolute Gasteiger partial charge is 0.337 e. The standard InChI is InChI=1S/C21H18F4N2O.C19H18Cl2N2O3S/c22-19-8-3-17(4-9-19)15-26-11-13-27(14-12-26)20(28)10-5-16-1-6-18(7-2-16)21(23,24)25;20-17-8-6-15(14-18(17)21)7-9-19(24)22-10-12-23(13-11-22)27(25,26)16-4-2-1-3-5-16/h1-4,6-9H,11-15H2;1-9,14H,10-13H2. The average molecular weight is 816 g/mol. The number of sulfonamides is 1. The molecule has 8 nitrogen and oxygen atoms in total. The van der Waals surface area contributed by atoms with Gasteiger partial charge in [0.1, 0.15) is 5.82 Å². The Balaban J connectivity index is 0.000000211. The molecule has 0 saturated carbocycles. The van der Waals surface area contributed by atoms with Gasteiger partial charge in [-0.1, -0.05) is 65.5 Å². The summed E-state index contributed by atoms with van der Waals surface area (Å²) in [6.45, 7) is 4.28. The maximum Gasteiger partial charge on any atom is 0.416 e. The molecule has 0 bridgehead atoms. The van der Waals surface area contributed by atoms with E-state index < -0.39 is 21.8 Å². The van der Waals surface area contributed by atoms with Crippen LogP contribution >= 0.6 is 23.2 Å². The van der Waals surface area contributed by atoms with Gasteiger partial charge < -0.3 is 9.80 Å². The molecule has 0 atom stereocenters. The number of nitrogens with zero attached hydrogens (tertiary/aromatic N) is 4. The van der Waals surface area contributed by atoms with Crippen LogP contribution in [0.4, 0.5) is 17.6 Å². The van der Waals surface area contributed by atoms with E-state index in [2.05, 4.69) is 16.7 Å². The van der Waals surface area contributed by atoms with Crippen molar-refractivity contribution < 1.29 is 35.6 Å². The van der Waals surface area contributed by atoms with Crippen LogP contribution in [0.5, 0.6) is 0 Å². The second kappa shape index (κ2) is 18.8. The van der Waals surface area contributed by atoms with Crippen LogP contribution in [-0.2, 0) is 32.3 Å². The Morgan fingerprint density at radius 1 is 0.745 bits per heavy atom. The van der Waals surface area contributed by atoms with Gasteiger partial charge in [0.25, 0.3) is 5.91 Å². The van der Waals surface area contributed by atoms with Crippen LogP contribution < -0.4 is 0 Å². The zero-order valence-electron chi connectivity index (χ0n) is 29.4. The quantitative estimate of drug-likeness (QED) is 0.118. The van der Waals surface area contributed by atoms with Crippen molar-refractivity contribution in [2.45, 2.75) is 17.6 Å². The Labute approximate surface area is 327 Å². The first kappa shape index (κ1) is 41.5. The van der Waals surface area contributed by atoms with Crippen LogP contribution in [0, 0.1) is 17.7 Å². The first-order valence-corrected chi connectivity index (χ1v) is 19.3. The van der Waals surface area contributed by atoms with E-state index in [1.807, 2.05) is 0 Å². The summed E-state index contributed by atoms with van der Waals surface area (Å²) >= 11 is 11.8. The van der Waals surface area contributed by atoms with Crippen molar-refractivity contribution >= 4 is 51.1 Å². The normalized spacial score (nSPS) is 15.5. The van der Waals surface area contributed by atoms with Crippen molar-refractivity contribution in [3.8, 4) is 11.8 Å². The third-order valence-corrected chi connectivity index (χ3v) is 11.5. The van der Waals surface area contributed by atoms with Gasteiger partial charge in [0, 0.05) is 76.5 Å². The second-order valence-electron chi connectivity index (χ2n) is 12.6. The van der Waals surface area contributed by atoms with Gasteiger partial charge in [-0.05, 0) is 77.9 Å². The van der Waals surface area contributed by atoms with E-state index in [-0.39, 0.29) is 35.6 Å².